The standard InChI is InChI=1S/C26H20ClNO8/c27-11-6-4-10(5-7-11)8-13-12-2-1-3-15(29)17(12)22(32)20-18(13)21(31)14-9-16(30)19(25(28)35)23(33)26(14,36)24(20)34/h1-8,14,18-21,29,31,36H,9H2,(H2,28,35)/b13-8+. The summed E-state index contributed by atoms with van der Waals surface area (Å²) in [6.45, 7) is 0. The zero-order valence-electron chi connectivity index (χ0n) is 18.6. The molecule has 0 saturated heterocycles. The van der Waals surface area contributed by atoms with Crippen molar-refractivity contribution in [2.45, 2.75) is 18.1 Å². The first-order valence-electron chi connectivity index (χ1n) is 11.1. The van der Waals surface area contributed by atoms with E-state index in [0.29, 0.717) is 16.2 Å². The smallest absolute Gasteiger partial charge is 0.235 e. The molecular formula is C26H20ClNO8. The third-order valence-electron chi connectivity index (χ3n) is 7.43. The first-order chi connectivity index (χ1) is 17.0. The number of carbonyl (C=O) groups excluding carboxylic acids is 5. The molecule has 2 aromatic carbocycles. The summed E-state index contributed by atoms with van der Waals surface area (Å²) in [6.07, 6.45) is -0.753. The number of aliphatic hydroxyl groups is 2. The topological polar surface area (TPSA) is 172 Å². The van der Waals surface area contributed by atoms with Crippen LogP contribution in [0.15, 0.2) is 42.5 Å². The molecule has 0 aromatic heterocycles. The Bertz CT molecular complexity index is 1400. The lowest BCUT2D eigenvalue weighted by Crippen LogP contribution is -2.72. The third kappa shape index (κ3) is 3.20. The fourth-order valence-corrected chi connectivity index (χ4v) is 5.90. The van der Waals surface area contributed by atoms with Gasteiger partial charge in [-0.25, -0.2) is 0 Å². The molecule has 184 valence electrons. The maximum Gasteiger partial charge on any atom is 0.235 e. The van der Waals surface area contributed by atoms with Crippen LogP contribution in [0.1, 0.15) is 27.9 Å². The molecule has 36 heavy (non-hydrogen) atoms. The molecule has 1 amide bonds. The number of rotatable bonds is 2. The average Bonchev–Trinajstić information content (AvgIpc) is 2.82. The number of nitrogens with two attached hydrogens (primary N) is 1. The van der Waals surface area contributed by atoms with Gasteiger partial charge in [0.1, 0.15) is 5.75 Å². The minimum Gasteiger partial charge on any atom is -0.507 e. The van der Waals surface area contributed by atoms with Gasteiger partial charge in [-0.05, 0) is 34.9 Å². The summed E-state index contributed by atoms with van der Waals surface area (Å²) in [6, 6.07) is 10.9. The van der Waals surface area contributed by atoms with E-state index in [-0.39, 0.29) is 11.1 Å². The summed E-state index contributed by atoms with van der Waals surface area (Å²) in [5.74, 6) is -12.9. The molecule has 6 atom stereocenters. The molecular weight excluding hydrogens is 490 g/mol. The number of fused-ring (bicyclic) bond motifs is 3. The molecule has 0 aliphatic heterocycles. The molecule has 5 N–H and O–H groups in total. The molecule has 0 heterocycles. The van der Waals surface area contributed by atoms with Crippen molar-refractivity contribution < 1.29 is 39.3 Å². The molecule has 2 saturated carbocycles. The van der Waals surface area contributed by atoms with Crippen LogP contribution in [0, 0.1) is 23.7 Å². The number of hydrogen-bond acceptors (Lipinski definition) is 8. The highest BCUT2D eigenvalue weighted by Crippen LogP contribution is 2.54. The van der Waals surface area contributed by atoms with Gasteiger partial charge in [-0.2, -0.15) is 0 Å². The number of phenols is 1. The molecule has 3 aliphatic carbocycles. The van der Waals surface area contributed by atoms with Crippen molar-refractivity contribution in [2.75, 3.05) is 0 Å². The van der Waals surface area contributed by atoms with Crippen LogP contribution in [-0.4, -0.2) is 56.1 Å². The molecule has 0 spiro atoms. The number of primary amides is 1. The quantitative estimate of drug-likeness (QED) is 0.433. The molecule has 2 aromatic rings. The van der Waals surface area contributed by atoms with Gasteiger partial charge >= 0.3 is 0 Å². The van der Waals surface area contributed by atoms with E-state index in [1.807, 2.05) is 0 Å². The van der Waals surface area contributed by atoms with Crippen LogP contribution >= 0.6 is 11.6 Å². The van der Waals surface area contributed by atoms with Gasteiger partial charge in [-0.3, -0.25) is 24.0 Å². The number of phenolic OH excluding ortho intramolecular Hbond substituents is 1. The summed E-state index contributed by atoms with van der Waals surface area (Å²) in [4.78, 5) is 64.8. The van der Waals surface area contributed by atoms with E-state index < -0.39 is 76.6 Å². The van der Waals surface area contributed by atoms with Gasteiger partial charge in [0.05, 0.1) is 17.6 Å². The number of hydrogen-bond donors (Lipinski definition) is 4. The van der Waals surface area contributed by atoms with E-state index in [0.717, 1.165) is 0 Å². The predicted molar refractivity (Wildman–Crippen MR) is 126 cm³/mol. The van der Waals surface area contributed by atoms with Crippen molar-refractivity contribution in [1.82, 2.24) is 0 Å². The lowest BCUT2D eigenvalue weighted by molar-refractivity contribution is -0.185. The van der Waals surface area contributed by atoms with E-state index in [1.165, 1.54) is 12.1 Å². The normalized spacial score (nSPS) is 32.6. The number of carbonyl (C=O) groups is 5. The molecule has 3 aliphatic rings. The van der Waals surface area contributed by atoms with Crippen LogP contribution in [0.3, 0.4) is 0 Å². The number of Topliss-reactive ketones (excluding diaryl/α,β-unsaturated/α-hetero) is 4. The van der Waals surface area contributed by atoms with E-state index >= 15 is 0 Å². The SMILES string of the molecule is NC(=O)C1C(=O)CC2C(O)C3/C(=C/c4ccc(Cl)cc4)c4cccc(O)c4C(=O)C3C(=O)C2(O)C1=O. The third-order valence-corrected chi connectivity index (χ3v) is 7.69. The highest BCUT2D eigenvalue weighted by molar-refractivity contribution is 6.32. The van der Waals surface area contributed by atoms with Crippen molar-refractivity contribution in [1.29, 1.82) is 0 Å². The van der Waals surface area contributed by atoms with Crippen LogP contribution in [0.25, 0.3) is 11.6 Å². The number of halogens is 1. The van der Waals surface area contributed by atoms with Crippen LogP contribution in [-0.2, 0) is 19.2 Å². The maximum absolute atomic E-state index is 13.7. The second-order valence-electron chi connectivity index (χ2n) is 9.32. The van der Waals surface area contributed by atoms with Gasteiger partial charge < -0.3 is 21.1 Å². The van der Waals surface area contributed by atoms with Crippen molar-refractivity contribution in [3.8, 4) is 5.75 Å². The number of aromatic hydroxyl groups is 1. The summed E-state index contributed by atoms with van der Waals surface area (Å²) < 4.78 is 0. The highest BCUT2D eigenvalue weighted by atomic mass is 35.5. The van der Waals surface area contributed by atoms with E-state index in [1.54, 1.807) is 36.4 Å². The van der Waals surface area contributed by atoms with Crippen LogP contribution < -0.4 is 5.73 Å². The summed E-state index contributed by atoms with van der Waals surface area (Å²) in [5.41, 5.74) is 3.17. The van der Waals surface area contributed by atoms with Gasteiger partial charge in [0.2, 0.25) is 5.91 Å². The summed E-state index contributed by atoms with van der Waals surface area (Å²) in [5, 5.41) is 33.8. The summed E-state index contributed by atoms with van der Waals surface area (Å²) in [7, 11) is 0. The van der Waals surface area contributed by atoms with Crippen molar-refractivity contribution in [3.63, 3.8) is 0 Å². The first kappa shape index (κ1) is 24.1. The first-order valence-corrected chi connectivity index (χ1v) is 11.5. The Balaban J connectivity index is 1.74. The summed E-state index contributed by atoms with van der Waals surface area (Å²) >= 11 is 5.97. The Morgan fingerprint density at radius 2 is 1.72 bits per heavy atom. The molecule has 6 unspecified atom stereocenters. The Morgan fingerprint density at radius 1 is 1.06 bits per heavy atom. The Labute approximate surface area is 209 Å². The monoisotopic (exact) mass is 509 g/mol. The van der Waals surface area contributed by atoms with Gasteiger partial charge in [0.15, 0.2) is 34.7 Å². The average molecular weight is 510 g/mol. The Hall–Kier alpha value is -3.66. The Morgan fingerprint density at radius 3 is 2.36 bits per heavy atom. The van der Waals surface area contributed by atoms with Crippen molar-refractivity contribution >= 4 is 52.3 Å². The van der Waals surface area contributed by atoms with E-state index in [4.69, 9.17) is 17.3 Å². The molecule has 10 heteroatoms. The number of ketones is 4. The van der Waals surface area contributed by atoms with Crippen LogP contribution in [0.2, 0.25) is 5.02 Å². The van der Waals surface area contributed by atoms with Crippen molar-refractivity contribution in [2.24, 2.45) is 29.4 Å². The zero-order valence-corrected chi connectivity index (χ0v) is 19.3. The van der Waals surface area contributed by atoms with Gasteiger partial charge in [0.25, 0.3) is 0 Å². The second-order valence-corrected chi connectivity index (χ2v) is 9.75. The largest absolute Gasteiger partial charge is 0.507 e. The number of aliphatic hydroxyl groups excluding tert-OH is 1. The molecule has 0 radical (unpaired) electrons. The van der Waals surface area contributed by atoms with E-state index in [9.17, 15) is 39.3 Å². The molecule has 0 bridgehead atoms. The Kier molecular flexibility index (Phi) is 5.47. The van der Waals surface area contributed by atoms with Gasteiger partial charge in [-0.15, -0.1) is 0 Å². The predicted octanol–water partition coefficient (Wildman–Crippen LogP) is 0.949. The van der Waals surface area contributed by atoms with Crippen LogP contribution in [0.4, 0.5) is 0 Å². The zero-order chi connectivity index (χ0) is 26.1. The fourth-order valence-electron chi connectivity index (χ4n) is 5.77. The fraction of sp³-hybridized carbons (Fsp3) is 0.269. The second kappa shape index (κ2) is 8.19. The van der Waals surface area contributed by atoms with Crippen LogP contribution in [0.5, 0.6) is 5.75 Å². The maximum atomic E-state index is 13.7. The van der Waals surface area contributed by atoms with E-state index in [2.05, 4.69) is 0 Å². The minimum absolute atomic E-state index is 0.202. The highest BCUT2D eigenvalue weighted by Gasteiger charge is 2.69. The lowest BCUT2D eigenvalue weighted by Gasteiger charge is -2.51. The van der Waals surface area contributed by atoms with Gasteiger partial charge in [0, 0.05) is 23.3 Å². The molecule has 5 rings (SSSR count). The minimum atomic E-state index is -2.98. The number of benzene rings is 2. The molecule has 2 fully saturated rings. The van der Waals surface area contributed by atoms with Crippen molar-refractivity contribution in [3.05, 3.63) is 64.2 Å². The molecule has 9 nitrogen and oxygen atoms in total. The van der Waals surface area contributed by atoms with Gasteiger partial charge in [-0.1, -0.05) is 41.9 Å². The lowest BCUT2D eigenvalue weighted by atomic mass is 9.51. The number of amides is 1.